The van der Waals surface area contributed by atoms with Gasteiger partial charge in [0.05, 0.1) is 12.0 Å². The lowest BCUT2D eigenvalue weighted by Gasteiger charge is -1.99. The number of aromatic nitrogens is 3. The van der Waals surface area contributed by atoms with Gasteiger partial charge in [-0.1, -0.05) is 0 Å². The number of nitrogens with zero attached hydrogens (tertiary/aromatic N) is 2. The Morgan fingerprint density at radius 3 is 2.58 bits per heavy atom. The smallest absolute Gasteiger partial charge is 0.475 e. The second-order valence-corrected chi connectivity index (χ2v) is 6.96. The second-order valence-electron chi connectivity index (χ2n) is 6.10. The molecule has 0 aliphatic heterocycles. The minimum absolute atomic E-state index is 0.0636. The Morgan fingerprint density at radius 2 is 2.04 bits per heavy atom. The lowest BCUT2D eigenvalue weighted by Crippen LogP contribution is -2.21. The molecule has 0 saturated heterocycles. The molecule has 2 heterocycles. The van der Waals surface area contributed by atoms with E-state index in [0.717, 1.165) is 22.9 Å². The second kappa shape index (κ2) is 7.06. The number of aliphatic carboxylic acids is 1. The number of halogens is 3. The summed E-state index contributed by atoms with van der Waals surface area (Å²) in [6.07, 6.45) is 1.75. The van der Waals surface area contributed by atoms with Gasteiger partial charge in [-0.2, -0.15) is 13.2 Å². The first kappa shape index (κ1) is 18.4. The molecule has 26 heavy (non-hydrogen) atoms. The van der Waals surface area contributed by atoms with Crippen molar-refractivity contribution in [3.8, 4) is 0 Å². The predicted molar refractivity (Wildman–Crippen MR) is 85.8 cm³/mol. The number of hydrogen-bond donors (Lipinski definition) is 3. The number of imidazole rings is 1. The van der Waals surface area contributed by atoms with E-state index in [-0.39, 0.29) is 11.8 Å². The van der Waals surface area contributed by atoms with Crippen LogP contribution < -0.4 is 5.32 Å². The summed E-state index contributed by atoms with van der Waals surface area (Å²) in [5.74, 6) is -1.68. The third-order valence-corrected chi connectivity index (χ3v) is 4.81. The summed E-state index contributed by atoms with van der Waals surface area (Å²) in [5.41, 5.74) is 2.19. The number of carbonyl (C=O) groups is 2. The Balaban J connectivity index is 0.000000242. The van der Waals surface area contributed by atoms with Crippen LogP contribution in [-0.4, -0.2) is 38.1 Å². The van der Waals surface area contributed by atoms with Gasteiger partial charge in [0.2, 0.25) is 5.91 Å². The van der Waals surface area contributed by atoms with E-state index in [1.807, 2.05) is 0 Å². The van der Waals surface area contributed by atoms with Crippen LogP contribution in [0.25, 0.3) is 0 Å². The third-order valence-electron chi connectivity index (χ3n) is 4.04. The molecular formula is C15H15F3N4O3S. The van der Waals surface area contributed by atoms with Crippen molar-refractivity contribution >= 4 is 28.3 Å². The van der Waals surface area contributed by atoms with E-state index in [1.54, 1.807) is 12.5 Å². The van der Waals surface area contributed by atoms with Gasteiger partial charge in [0.1, 0.15) is 0 Å². The monoisotopic (exact) mass is 388 g/mol. The van der Waals surface area contributed by atoms with Crippen molar-refractivity contribution in [3.63, 3.8) is 0 Å². The number of anilines is 1. The van der Waals surface area contributed by atoms with Gasteiger partial charge in [0.15, 0.2) is 5.13 Å². The summed E-state index contributed by atoms with van der Waals surface area (Å²) >= 11 is 1.53. The van der Waals surface area contributed by atoms with Gasteiger partial charge in [0, 0.05) is 35.0 Å². The Morgan fingerprint density at radius 1 is 1.35 bits per heavy atom. The number of hydrogen-bond acceptors (Lipinski definition) is 5. The van der Waals surface area contributed by atoms with E-state index in [2.05, 4.69) is 25.6 Å². The van der Waals surface area contributed by atoms with Crippen LogP contribution in [0.2, 0.25) is 0 Å². The van der Waals surface area contributed by atoms with Crippen LogP contribution in [0.3, 0.4) is 0 Å². The van der Waals surface area contributed by atoms with Crippen molar-refractivity contribution in [3.05, 3.63) is 29.3 Å². The van der Waals surface area contributed by atoms with Crippen molar-refractivity contribution in [2.75, 3.05) is 5.32 Å². The quantitative estimate of drug-likeness (QED) is 0.746. The minimum Gasteiger partial charge on any atom is -0.475 e. The molecule has 11 heteroatoms. The number of aromatic amines is 1. The highest BCUT2D eigenvalue weighted by atomic mass is 32.1. The molecule has 2 aromatic heterocycles. The Kier molecular flexibility index (Phi) is 4.99. The summed E-state index contributed by atoms with van der Waals surface area (Å²) in [4.78, 5) is 32.5. The SMILES string of the molecule is O=C(Nc1nc(C2CC2)cs1)[C@@H]1C[C@H]1c1cnc[nH]1.O=C(O)C(F)(F)F. The van der Waals surface area contributed by atoms with E-state index in [9.17, 15) is 18.0 Å². The van der Waals surface area contributed by atoms with Crippen LogP contribution >= 0.6 is 11.3 Å². The molecule has 0 bridgehead atoms. The average molecular weight is 388 g/mol. The van der Waals surface area contributed by atoms with Crippen LogP contribution in [0.4, 0.5) is 18.3 Å². The summed E-state index contributed by atoms with van der Waals surface area (Å²) in [7, 11) is 0. The first-order valence-electron chi connectivity index (χ1n) is 7.80. The molecular weight excluding hydrogens is 373 g/mol. The molecule has 0 radical (unpaired) electrons. The fourth-order valence-corrected chi connectivity index (χ4v) is 3.20. The molecule has 0 spiro atoms. The Hall–Kier alpha value is -2.43. The van der Waals surface area contributed by atoms with Crippen LogP contribution in [0.15, 0.2) is 17.9 Å². The van der Waals surface area contributed by atoms with Gasteiger partial charge >= 0.3 is 12.1 Å². The largest absolute Gasteiger partial charge is 0.490 e. The lowest BCUT2D eigenvalue weighted by atomic mass is 10.2. The molecule has 4 rings (SSSR count). The van der Waals surface area contributed by atoms with E-state index in [0.29, 0.717) is 11.8 Å². The zero-order valence-electron chi connectivity index (χ0n) is 13.3. The maximum Gasteiger partial charge on any atom is 0.490 e. The molecule has 140 valence electrons. The van der Waals surface area contributed by atoms with Gasteiger partial charge in [0.25, 0.3) is 0 Å². The van der Waals surface area contributed by atoms with Crippen molar-refractivity contribution in [2.45, 2.75) is 37.3 Å². The summed E-state index contributed by atoms with van der Waals surface area (Å²) in [6, 6.07) is 0. The number of carbonyl (C=O) groups excluding carboxylic acids is 1. The van der Waals surface area contributed by atoms with Crippen LogP contribution in [0, 0.1) is 5.92 Å². The fourth-order valence-electron chi connectivity index (χ4n) is 2.41. The number of H-pyrrole nitrogens is 1. The zero-order chi connectivity index (χ0) is 18.9. The van der Waals surface area contributed by atoms with Crippen molar-refractivity contribution < 1.29 is 27.9 Å². The van der Waals surface area contributed by atoms with Crippen molar-refractivity contribution in [1.82, 2.24) is 15.0 Å². The van der Waals surface area contributed by atoms with Crippen LogP contribution in [-0.2, 0) is 9.59 Å². The molecule has 2 saturated carbocycles. The number of carboxylic acids is 1. The highest BCUT2D eigenvalue weighted by Gasteiger charge is 2.45. The Labute approximate surface area is 149 Å². The molecule has 2 aliphatic carbocycles. The average Bonchev–Trinajstić information content (AvgIpc) is 3.47. The summed E-state index contributed by atoms with van der Waals surface area (Å²) in [5, 5.41) is 12.9. The van der Waals surface area contributed by atoms with Crippen molar-refractivity contribution in [1.29, 1.82) is 0 Å². The molecule has 3 N–H and O–H groups in total. The zero-order valence-corrected chi connectivity index (χ0v) is 14.1. The maximum atomic E-state index is 12.1. The van der Waals surface area contributed by atoms with E-state index >= 15 is 0 Å². The number of alkyl halides is 3. The fraction of sp³-hybridized carbons (Fsp3) is 0.467. The molecule has 0 aromatic carbocycles. The first-order chi connectivity index (χ1) is 12.3. The summed E-state index contributed by atoms with van der Waals surface area (Å²) in [6.45, 7) is 0. The standard InChI is InChI=1S/C13H14N4OS.C2HF3O2/c18-12(9-3-8(9)10-4-14-6-15-10)17-13-16-11(5-19-13)7-1-2-7;3-2(4,5)1(6)7/h4-9H,1-3H2,(H,14,15)(H,16,17,18);(H,6,7)/t8-,9-;/m1./s1. The minimum atomic E-state index is -5.08. The number of carboxylic acid groups (broad SMARTS) is 1. The molecule has 2 aromatic rings. The topological polar surface area (TPSA) is 108 Å². The first-order valence-corrected chi connectivity index (χ1v) is 8.68. The number of thiazole rings is 1. The predicted octanol–water partition coefficient (Wildman–Crippen LogP) is 3.12. The Bertz CT molecular complexity index is 786. The molecule has 1 amide bonds. The van der Waals surface area contributed by atoms with Crippen LogP contribution in [0.1, 0.15) is 42.5 Å². The summed E-state index contributed by atoms with van der Waals surface area (Å²) < 4.78 is 31.7. The third kappa shape index (κ3) is 4.59. The van der Waals surface area contributed by atoms with E-state index < -0.39 is 12.1 Å². The number of amides is 1. The van der Waals surface area contributed by atoms with Gasteiger partial charge in [-0.15, -0.1) is 11.3 Å². The highest BCUT2D eigenvalue weighted by Crippen LogP contribution is 2.47. The molecule has 0 unspecified atom stereocenters. The van der Waals surface area contributed by atoms with Crippen LogP contribution in [0.5, 0.6) is 0 Å². The van der Waals surface area contributed by atoms with Gasteiger partial charge in [-0.25, -0.2) is 14.8 Å². The van der Waals surface area contributed by atoms with E-state index in [4.69, 9.17) is 9.90 Å². The van der Waals surface area contributed by atoms with Gasteiger partial charge in [-0.05, 0) is 19.3 Å². The van der Waals surface area contributed by atoms with Gasteiger partial charge < -0.3 is 15.4 Å². The van der Waals surface area contributed by atoms with E-state index in [1.165, 1.54) is 24.2 Å². The molecule has 2 fully saturated rings. The molecule has 2 atom stereocenters. The lowest BCUT2D eigenvalue weighted by molar-refractivity contribution is -0.192. The number of rotatable bonds is 4. The normalized spacial score (nSPS) is 21.5. The van der Waals surface area contributed by atoms with Gasteiger partial charge in [-0.3, -0.25) is 4.79 Å². The maximum absolute atomic E-state index is 12.1. The molecule has 7 nitrogen and oxygen atoms in total. The van der Waals surface area contributed by atoms with Crippen molar-refractivity contribution in [2.24, 2.45) is 5.92 Å². The molecule has 2 aliphatic rings. The highest BCUT2D eigenvalue weighted by molar-refractivity contribution is 7.13. The number of nitrogens with one attached hydrogen (secondary N) is 2.